The highest BCUT2D eigenvalue weighted by Gasteiger charge is 2.31. The zero-order valence-corrected chi connectivity index (χ0v) is 25.0. The third kappa shape index (κ3) is 5.56. The van der Waals surface area contributed by atoms with E-state index in [-0.39, 0.29) is 17.8 Å². The fourth-order valence-corrected chi connectivity index (χ4v) is 5.80. The van der Waals surface area contributed by atoms with E-state index in [0.29, 0.717) is 13.2 Å². The lowest BCUT2D eigenvalue weighted by atomic mass is 10.2. The molecule has 2 aliphatic heterocycles. The number of ether oxygens (including phenoxy) is 3. The molecule has 0 radical (unpaired) electrons. The summed E-state index contributed by atoms with van der Waals surface area (Å²) in [5.41, 5.74) is 4.78. The number of anilines is 2. The number of rotatable bonds is 9. The second kappa shape index (κ2) is 12.2. The van der Waals surface area contributed by atoms with Gasteiger partial charge in [-0.15, -0.1) is 0 Å². The molecule has 0 bridgehead atoms. The van der Waals surface area contributed by atoms with Crippen molar-refractivity contribution in [3.63, 3.8) is 0 Å². The Morgan fingerprint density at radius 3 is 2.30 bits per heavy atom. The highest BCUT2D eigenvalue weighted by molar-refractivity contribution is 5.81. The number of aromatic nitrogens is 5. The first-order valence-corrected chi connectivity index (χ1v) is 15.3. The zero-order chi connectivity index (χ0) is 30.0. The van der Waals surface area contributed by atoms with Crippen molar-refractivity contribution in [1.82, 2.24) is 24.5 Å². The van der Waals surface area contributed by atoms with Crippen LogP contribution in [0, 0.1) is 0 Å². The van der Waals surface area contributed by atoms with E-state index in [4.69, 9.17) is 14.2 Å². The smallest absolute Gasteiger partial charge is 0.350 e. The number of nitrogens with zero attached hydrogens (tertiary/aromatic N) is 6. The summed E-state index contributed by atoms with van der Waals surface area (Å²) in [6.07, 6.45) is 1.80. The first-order valence-electron chi connectivity index (χ1n) is 15.3. The van der Waals surface area contributed by atoms with Gasteiger partial charge in [-0.2, -0.15) is 10.2 Å². The Kier molecular flexibility index (Phi) is 7.80. The largest absolute Gasteiger partial charge is 0.491 e. The summed E-state index contributed by atoms with van der Waals surface area (Å²) in [4.78, 5) is 17.5. The van der Waals surface area contributed by atoms with Crippen LogP contribution in [-0.4, -0.2) is 70.0 Å². The van der Waals surface area contributed by atoms with E-state index in [1.54, 1.807) is 15.6 Å². The maximum Gasteiger partial charge on any atom is 0.350 e. The molecule has 11 heteroatoms. The van der Waals surface area contributed by atoms with Crippen LogP contribution in [0.25, 0.3) is 16.6 Å². The number of H-pyrrole nitrogens is 1. The highest BCUT2D eigenvalue weighted by atomic mass is 16.7. The van der Waals surface area contributed by atoms with Gasteiger partial charge in [0, 0.05) is 42.9 Å². The summed E-state index contributed by atoms with van der Waals surface area (Å²) in [6.45, 7) is 8.58. The highest BCUT2D eigenvalue weighted by Crippen LogP contribution is 2.31. The summed E-state index contributed by atoms with van der Waals surface area (Å²) < 4.78 is 21.2. The number of aromatic amines is 1. The molecule has 11 nitrogen and oxygen atoms in total. The van der Waals surface area contributed by atoms with Crippen molar-refractivity contribution in [3.8, 4) is 11.4 Å². The molecule has 2 unspecified atom stereocenters. The average Bonchev–Trinajstić information content (AvgIpc) is 3.82. The van der Waals surface area contributed by atoms with Gasteiger partial charge >= 0.3 is 5.69 Å². The molecular weight excluding hydrogens is 558 g/mol. The molecule has 2 aliphatic rings. The van der Waals surface area contributed by atoms with Crippen molar-refractivity contribution >= 4 is 22.3 Å². The molecule has 2 saturated heterocycles. The van der Waals surface area contributed by atoms with Crippen molar-refractivity contribution in [2.45, 2.75) is 38.7 Å². The standard InChI is InChI=1S/C33H37N7O4/c1-3-23(2)40-33(41)39(22-34-40)26-10-8-24(9-11-26)37-16-18-38(19-17-37)25-12-14-27(15-13-25)42-20-28-21-43-32(44-28)31-29-6-4-5-7-30(29)35-36-31/h4-15,22-23,28,32H,3,16-21H2,1-2H3,(H,35,36)/t23?,28-,32?/m1/s1. The van der Waals surface area contributed by atoms with Gasteiger partial charge in [0.1, 0.15) is 30.5 Å². The molecule has 0 aliphatic carbocycles. The second-order valence-corrected chi connectivity index (χ2v) is 11.4. The van der Waals surface area contributed by atoms with E-state index in [2.05, 4.69) is 56.3 Å². The zero-order valence-electron chi connectivity index (χ0n) is 25.0. The molecular formula is C33H37N7O4. The minimum Gasteiger partial charge on any atom is -0.491 e. The topological polar surface area (TPSA) is 103 Å². The van der Waals surface area contributed by atoms with E-state index in [9.17, 15) is 4.79 Å². The minimum atomic E-state index is -0.497. The van der Waals surface area contributed by atoms with Crippen LogP contribution in [0.3, 0.4) is 0 Å². The monoisotopic (exact) mass is 595 g/mol. The van der Waals surface area contributed by atoms with Gasteiger partial charge in [0.2, 0.25) is 6.29 Å². The summed E-state index contributed by atoms with van der Waals surface area (Å²) >= 11 is 0. The van der Waals surface area contributed by atoms with Gasteiger partial charge in [0.25, 0.3) is 0 Å². The Bertz CT molecular complexity index is 1750. The maximum absolute atomic E-state index is 12.8. The van der Waals surface area contributed by atoms with Crippen molar-refractivity contribution in [2.75, 3.05) is 49.2 Å². The van der Waals surface area contributed by atoms with Gasteiger partial charge in [-0.3, -0.25) is 5.10 Å². The van der Waals surface area contributed by atoms with Crippen LogP contribution >= 0.6 is 0 Å². The van der Waals surface area contributed by atoms with E-state index < -0.39 is 6.29 Å². The van der Waals surface area contributed by atoms with Gasteiger partial charge in [-0.1, -0.05) is 25.1 Å². The number of hydrogen-bond donors (Lipinski definition) is 1. The number of para-hydroxylation sites is 1. The molecule has 3 atom stereocenters. The summed E-state index contributed by atoms with van der Waals surface area (Å²) in [7, 11) is 0. The fraction of sp³-hybridized carbons (Fsp3) is 0.364. The van der Waals surface area contributed by atoms with Crippen LogP contribution in [0.1, 0.15) is 38.3 Å². The third-order valence-corrected chi connectivity index (χ3v) is 8.58. The lowest BCUT2D eigenvalue weighted by molar-refractivity contribution is -0.0678. The van der Waals surface area contributed by atoms with Crippen LogP contribution < -0.4 is 20.2 Å². The number of fused-ring (bicyclic) bond motifs is 1. The Labute approximate surface area is 255 Å². The van der Waals surface area contributed by atoms with E-state index in [1.165, 1.54) is 5.69 Å². The molecule has 0 spiro atoms. The van der Waals surface area contributed by atoms with Crippen molar-refractivity contribution in [3.05, 3.63) is 95.3 Å². The maximum atomic E-state index is 12.8. The lowest BCUT2D eigenvalue weighted by Crippen LogP contribution is -2.46. The van der Waals surface area contributed by atoms with Crippen LogP contribution in [0.15, 0.2) is 83.9 Å². The number of benzene rings is 3. The van der Waals surface area contributed by atoms with Crippen LogP contribution in [0.5, 0.6) is 5.75 Å². The van der Waals surface area contributed by atoms with Gasteiger partial charge < -0.3 is 24.0 Å². The van der Waals surface area contributed by atoms with Gasteiger partial charge in [0.05, 0.1) is 23.9 Å². The van der Waals surface area contributed by atoms with Crippen LogP contribution in [0.2, 0.25) is 0 Å². The number of hydrogen-bond acceptors (Lipinski definition) is 8. The average molecular weight is 596 g/mol. The van der Waals surface area contributed by atoms with E-state index in [0.717, 1.165) is 66.3 Å². The van der Waals surface area contributed by atoms with Crippen LogP contribution in [0.4, 0.5) is 11.4 Å². The van der Waals surface area contributed by atoms with E-state index >= 15 is 0 Å². The molecule has 0 amide bonds. The first-order chi connectivity index (χ1) is 21.6. The Balaban J connectivity index is 0.894. The van der Waals surface area contributed by atoms with Crippen molar-refractivity contribution < 1.29 is 14.2 Å². The molecule has 44 heavy (non-hydrogen) atoms. The second-order valence-electron chi connectivity index (χ2n) is 11.4. The fourth-order valence-electron chi connectivity index (χ4n) is 5.80. The molecule has 4 heterocycles. The molecule has 2 aromatic heterocycles. The molecule has 228 valence electrons. The van der Waals surface area contributed by atoms with Crippen molar-refractivity contribution in [1.29, 1.82) is 0 Å². The molecule has 2 fully saturated rings. The SMILES string of the molecule is CCC(C)n1ncn(-c2ccc(N3CCN(c4ccc(OC[C@@H]5COC(c6n[nH]c7ccccc67)O5)cc4)CC3)cc2)c1=O. The predicted molar refractivity (Wildman–Crippen MR) is 169 cm³/mol. The summed E-state index contributed by atoms with van der Waals surface area (Å²) in [5.74, 6) is 0.804. The normalized spacial score (nSPS) is 19.5. The molecule has 0 saturated carbocycles. The van der Waals surface area contributed by atoms with Crippen molar-refractivity contribution in [2.24, 2.45) is 0 Å². The summed E-state index contributed by atoms with van der Waals surface area (Å²) in [5, 5.41) is 12.7. The molecule has 1 N–H and O–H groups in total. The molecule has 3 aromatic carbocycles. The van der Waals surface area contributed by atoms with Gasteiger partial charge in [-0.25, -0.2) is 14.0 Å². The first kappa shape index (κ1) is 28.2. The molecule has 7 rings (SSSR count). The Morgan fingerprint density at radius 1 is 0.932 bits per heavy atom. The summed E-state index contributed by atoms with van der Waals surface area (Å²) in [6, 6.07) is 24.4. The minimum absolute atomic E-state index is 0.0767. The van der Waals surface area contributed by atoms with Gasteiger partial charge in [0.15, 0.2) is 0 Å². The third-order valence-electron chi connectivity index (χ3n) is 8.58. The molecule has 5 aromatic rings. The predicted octanol–water partition coefficient (Wildman–Crippen LogP) is 4.70. The number of nitrogens with one attached hydrogen (secondary N) is 1. The number of piperazine rings is 1. The quantitative estimate of drug-likeness (QED) is 0.262. The van der Waals surface area contributed by atoms with Gasteiger partial charge in [-0.05, 0) is 67.9 Å². The Hall–Kier alpha value is -4.61. The van der Waals surface area contributed by atoms with Crippen LogP contribution in [-0.2, 0) is 9.47 Å². The Morgan fingerprint density at radius 2 is 1.59 bits per heavy atom. The van der Waals surface area contributed by atoms with E-state index in [1.807, 2.05) is 55.5 Å². The lowest BCUT2D eigenvalue weighted by Gasteiger charge is -2.37.